The highest BCUT2D eigenvalue weighted by Crippen LogP contribution is 2.49. The summed E-state index contributed by atoms with van der Waals surface area (Å²) >= 11 is 3.82. The van der Waals surface area contributed by atoms with Crippen LogP contribution in [0.2, 0.25) is 0 Å². The van der Waals surface area contributed by atoms with Gasteiger partial charge in [-0.25, -0.2) is 0 Å². The van der Waals surface area contributed by atoms with Gasteiger partial charge in [-0.1, -0.05) is 140 Å². The number of hydrogen-bond acceptors (Lipinski definition) is 2. The van der Waals surface area contributed by atoms with Crippen molar-refractivity contribution in [3.63, 3.8) is 0 Å². The average molecular weight is 619 g/mol. The van der Waals surface area contributed by atoms with Gasteiger partial charge in [0.1, 0.15) is 0 Å². The molecule has 0 fully saturated rings. The monoisotopic (exact) mass is 618 g/mol. The Morgan fingerprint density at radius 3 is 1.33 bits per heavy atom. The largest absolute Gasteiger partial charge is 0.135 e. The summed E-state index contributed by atoms with van der Waals surface area (Å²) in [6.07, 6.45) is 0. The van der Waals surface area contributed by atoms with Crippen molar-refractivity contribution >= 4 is 84.6 Å². The van der Waals surface area contributed by atoms with E-state index in [1.165, 1.54) is 95.3 Å². The van der Waals surface area contributed by atoms with Gasteiger partial charge in [-0.05, 0) is 67.6 Å². The molecular formula is C44H26S2. The highest BCUT2D eigenvalue weighted by molar-refractivity contribution is 7.28. The quantitative estimate of drug-likeness (QED) is 0.173. The molecule has 0 nitrogen and oxygen atoms in total. The van der Waals surface area contributed by atoms with Crippen molar-refractivity contribution in [3.05, 3.63) is 158 Å². The molecular weight excluding hydrogens is 593 g/mol. The summed E-state index contributed by atoms with van der Waals surface area (Å²) in [5.41, 5.74) is 7.66. The Hall–Kier alpha value is -5.28. The lowest BCUT2D eigenvalue weighted by molar-refractivity contribution is 1.64. The summed E-state index contributed by atoms with van der Waals surface area (Å²) < 4.78 is 5.41. The smallest absolute Gasteiger partial charge is 0.0441 e. The summed E-state index contributed by atoms with van der Waals surface area (Å²) in [5.74, 6) is 0. The number of benzene rings is 8. The summed E-state index contributed by atoms with van der Waals surface area (Å²) in [4.78, 5) is 0. The van der Waals surface area contributed by atoms with Crippen molar-refractivity contribution in [2.24, 2.45) is 0 Å². The van der Waals surface area contributed by atoms with Crippen LogP contribution in [0.1, 0.15) is 0 Å². The third-order valence-electron chi connectivity index (χ3n) is 9.47. The van der Waals surface area contributed by atoms with Crippen LogP contribution in [0.15, 0.2) is 158 Å². The number of hydrogen-bond donors (Lipinski definition) is 0. The van der Waals surface area contributed by atoms with Crippen LogP contribution in [0.5, 0.6) is 0 Å². The molecule has 0 amide bonds. The highest BCUT2D eigenvalue weighted by Gasteiger charge is 2.19. The van der Waals surface area contributed by atoms with Crippen LogP contribution in [0.4, 0.5) is 0 Å². The number of rotatable bonds is 3. The van der Waals surface area contributed by atoms with Crippen LogP contribution >= 0.6 is 22.7 Å². The van der Waals surface area contributed by atoms with E-state index < -0.39 is 0 Å². The van der Waals surface area contributed by atoms with Gasteiger partial charge in [0, 0.05) is 45.9 Å². The molecule has 10 aromatic rings. The molecule has 46 heavy (non-hydrogen) atoms. The minimum atomic E-state index is 1.24. The lowest BCUT2D eigenvalue weighted by atomic mass is 9.85. The minimum absolute atomic E-state index is 1.24. The van der Waals surface area contributed by atoms with Gasteiger partial charge in [-0.3, -0.25) is 0 Å². The van der Waals surface area contributed by atoms with Gasteiger partial charge < -0.3 is 0 Å². The maximum absolute atomic E-state index is 2.44. The predicted molar refractivity (Wildman–Crippen MR) is 204 cm³/mol. The van der Waals surface area contributed by atoms with Crippen molar-refractivity contribution < 1.29 is 0 Å². The third kappa shape index (κ3) is 3.78. The molecule has 0 N–H and O–H groups in total. The Labute approximate surface area is 274 Å². The fraction of sp³-hybridized carbons (Fsp3) is 0. The van der Waals surface area contributed by atoms with Crippen LogP contribution in [-0.4, -0.2) is 0 Å². The fourth-order valence-corrected chi connectivity index (χ4v) is 9.89. The van der Waals surface area contributed by atoms with Gasteiger partial charge in [0.15, 0.2) is 0 Å². The van der Waals surface area contributed by atoms with E-state index in [-0.39, 0.29) is 0 Å². The molecule has 0 aliphatic rings. The van der Waals surface area contributed by atoms with Crippen molar-refractivity contribution in [1.82, 2.24) is 0 Å². The van der Waals surface area contributed by atoms with Gasteiger partial charge in [0.2, 0.25) is 0 Å². The fourth-order valence-electron chi connectivity index (χ4n) is 7.49. The Bertz CT molecular complexity index is 2720. The van der Waals surface area contributed by atoms with E-state index in [1.807, 2.05) is 22.7 Å². The first-order valence-electron chi connectivity index (χ1n) is 15.7. The van der Waals surface area contributed by atoms with Crippen molar-refractivity contribution in [2.75, 3.05) is 0 Å². The molecule has 0 aliphatic heterocycles. The van der Waals surface area contributed by atoms with Crippen LogP contribution in [0.25, 0.3) is 95.3 Å². The van der Waals surface area contributed by atoms with Crippen LogP contribution in [0.3, 0.4) is 0 Å². The second kappa shape index (κ2) is 10.1. The first-order valence-corrected chi connectivity index (χ1v) is 17.3. The van der Waals surface area contributed by atoms with Crippen molar-refractivity contribution in [3.8, 4) is 33.4 Å². The standard InChI is InChI=1S/C44H26S2/c1-2-12-28(13-3-1)40-30-14-4-6-16-32(30)41(33-17-7-5-15-31(33)40)29-24-22-27(23-25-29)36-26-39-42(34-18-8-10-20-37(34)45-39)43-35-19-9-11-21-38(35)46-44(36)43/h1-26H. The molecule has 2 aromatic heterocycles. The first-order chi connectivity index (χ1) is 22.8. The Balaban J connectivity index is 1.22. The second-order valence-electron chi connectivity index (χ2n) is 12.0. The third-order valence-corrected chi connectivity index (χ3v) is 11.8. The molecule has 0 radical (unpaired) electrons. The lowest BCUT2D eigenvalue weighted by Crippen LogP contribution is -1.90. The topological polar surface area (TPSA) is 0 Å². The Kier molecular flexibility index (Phi) is 5.72. The van der Waals surface area contributed by atoms with Crippen LogP contribution in [-0.2, 0) is 0 Å². The van der Waals surface area contributed by atoms with Gasteiger partial charge >= 0.3 is 0 Å². The van der Waals surface area contributed by atoms with Crippen LogP contribution < -0.4 is 0 Å². The molecule has 2 heterocycles. The minimum Gasteiger partial charge on any atom is -0.135 e. The number of thiophene rings is 2. The molecule has 0 saturated heterocycles. The van der Waals surface area contributed by atoms with E-state index in [4.69, 9.17) is 0 Å². The van der Waals surface area contributed by atoms with E-state index in [1.54, 1.807) is 0 Å². The molecule has 0 aliphatic carbocycles. The van der Waals surface area contributed by atoms with Gasteiger partial charge in [-0.15, -0.1) is 22.7 Å². The Morgan fingerprint density at radius 1 is 0.304 bits per heavy atom. The summed E-state index contributed by atoms with van der Waals surface area (Å²) in [6.45, 7) is 0. The zero-order chi connectivity index (χ0) is 30.2. The van der Waals surface area contributed by atoms with E-state index in [2.05, 4.69) is 158 Å². The molecule has 10 rings (SSSR count). The van der Waals surface area contributed by atoms with Crippen molar-refractivity contribution in [2.45, 2.75) is 0 Å². The summed E-state index contributed by atoms with van der Waals surface area (Å²) in [7, 11) is 0. The zero-order valence-corrected chi connectivity index (χ0v) is 26.5. The zero-order valence-electron chi connectivity index (χ0n) is 24.8. The van der Waals surface area contributed by atoms with Crippen LogP contribution in [0, 0.1) is 0 Å². The van der Waals surface area contributed by atoms with Gasteiger partial charge in [0.25, 0.3) is 0 Å². The maximum Gasteiger partial charge on any atom is 0.0441 e. The predicted octanol–water partition coefficient (Wildman–Crippen LogP) is 13.7. The molecule has 214 valence electrons. The molecule has 0 atom stereocenters. The molecule has 0 saturated carbocycles. The highest BCUT2D eigenvalue weighted by atomic mass is 32.1. The molecule has 0 spiro atoms. The number of fused-ring (bicyclic) bond motifs is 9. The SMILES string of the molecule is c1ccc(-c2c3ccccc3c(-c3ccc(-c4cc5sc6ccccc6c5c5c4sc4ccccc45)cc3)c3ccccc23)cc1. The molecule has 8 aromatic carbocycles. The molecule has 0 bridgehead atoms. The van der Waals surface area contributed by atoms with E-state index >= 15 is 0 Å². The normalized spacial score (nSPS) is 11.9. The lowest BCUT2D eigenvalue weighted by Gasteiger charge is -2.18. The van der Waals surface area contributed by atoms with E-state index in [0.29, 0.717) is 0 Å². The molecule has 2 heteroatoms. The van der Waals surface area contributed by atoms with Gasteiger partial charge in [-0.2, -0.15) is 0 Å². The summed E-state index contributed by atoms with van der Waals surface area (Å²) in [6, 6.07) is 58.1. The van der Waals surface area contributed by atoms with Crippen molar-refractivity contribution in [1.29, 1.82) is 0 Å². The summed E-state index contributed by atoms with van der Waals surface area (Å²) in [5, 5.41) is 10.6. The maximum atomic E-state index is 2.44. The second-order valence-corrected chi connectivity index (χ2v) is 14.1. The Morgan fingerprint density at radius 2 is 0.739 bits per heavy atom. The van der Waals surface area contributed by atoms with Gasteiger partial charge in [0.05, 0.1) is 0 Å². The molecule has 0 unspecified atom stereocenters. The van der Waals surface area contributed by atoms with E-state index in [0.717, 1.165) is 0 Å². The average Bonchev–Trinajstić information content (AvgIpc) is 3.69. The first kappa shape index (κ1) is 26.0. The van der Waals surface area contributed by atoms with E-state index in [9.17, 15) is 0 Å².